The van der Waals surface area contributed by atoms with Crippen LogP contribution in [0.25, 0.3) is 0 Å². The molecule has 1 atom stereocenters. The van der Waals surface area contributed by atoms with Gasteiger partial charge in [-0.15, -0.1) is 0 Å². The van der Waals surface area contributed by atoms with E-state index in [1.807, 2.05) is 23.1 Å². The molecule has 0 saturated heterocycles. The van der Waals surface area contributed by atoms with Gasteiger partial charge in [0.1, 0.15) is 11.9 Å². The number of aryl methyl sites for hydroxylation is 1. The van der Waals surface area contributed by atoms with Gasteiger partial charge in [-0.25, -0.2) is 4.98 Å². The van der Waals surface area contributed by atoms with Crippen LogP contribution in [0.5, 0.6) is 0 Å². The molecule has 0 aliphatic carbocycles. The van der Waals surface area contributed by atoms with Crippen LogP contribution >= 0.6 is 0 Å². The number of aromatic amines is 1. The Hall–Kier alpha value is -1.62. The van der Waals surface area contributed by atoms with Crippen LogP contribution in [-0.4, -0.2) is 26.3 Å². The van der Waals surface area contributed by atoms with E-state index in [0.29, 0.717) is 0 Å². The average molecular weight is 219 g/mol. The van der Waals surface area contributed by atoms with Gasteiger partial charge < -0.3 is 10.3 Å². The van der Waals surface area contributed by atoms with Crippen molar-refractivity contribution in [2.45, 2.75) is 26.4 Å². The van der Waals surface area contributed by atoms with E-state index in [0.717, 1.165) is 24.6 Å². The van der Waals surface area contributed by atoms with E-state index in [-0.39, 0.29) is 6.04 Å². The molecule has 0 aliphatic heterocycles. The summed E-state index contributed by atoms with van der Waals surface area (Å²) in [5.41, 5.74) is 1.14. The van der Waals surface area contributed by atoms with Gasteiger partial charge in [0.05, 0.1) is 5.69 Å². The van der Waals surface area contributed by atoms with Crippen molar-refractivity contribution in [2.24, 2.45) is 0 Å². The summed E-state index contributed by atoms with van der Waals surface area (Å²) in [6.45, 7) is 5.93. The third-order valence-corrected chi connectivity index (χ3v) is 2.55. The normalized spacial score (nSPS) is 12.9. The monoisotopic (exact) mass is 219 g/mol. The first-order valence-corrected chi connectivity index (χ1v) is 5.61. The van der Waals surface area contributed by atoms with Crippen LogP contribution in [0.15, 0.2) is 24.7 Å². The molecule has 2 N–H and O–H groups in total. The first kappa shape index (κ1) is 10.9. The molecule has 16 heavy (non-hydrogen) atoms. The van der Waals surface area contributed by atoms with Gasteiger partial charge in [0, 0.05) is 25.1 Å². The van der Waals surface area contributed by atoms with Crippen molar-refractivity contribution in [2.75, 3.05) is 6.54 Å². The lowest BCUT2D eigenvalue weighted by Gasteiger charge is -2.16. The zero-order valence-corrected chi connectivity index (χ0v) is 9.64. The molecule has 1 unspecified atom stereocenters. The lowest BCUT2D eigenvalue weighted by atomic mass is 10.2. The van der Waals surface area contributed by atoms with E-state index in [1.54, 1.807) is 6.20 Å². The molecule has 0 saturated carbocycles. The molecule has 0 aliphatic rings. The molecule has 2 rings (SSSR count). The van der Waals surface area contributed by atoms with Gasteiger partial charge >= 0.3 is 0 Å². The highest BCUT2D eigenvalue weighted by atomic mass is 15.3. The fourth-order valence-corrected chi connectivity index (χ4v) is 1.83. The second kappa shape index (κ2) is 4.94. The summed E-state index contributed by atoms with van der Waals surface area (Å²) in [7, 11) is 0. The van der Waals surface area contributed by atoms with Crippen LogP contribution in [-0.2, 0) is 6.54 Å². The van der Waals surface area contributed by atoms with Crippen LogP contribution in [0.4, 0.5) is 0 Å². The van der Waals surface area contributed by atoms with Gasteiger partial charge in [-0.3, -0.25) is 4.68 Å². The molecule has 5 nitrogen and oxygen atoms in total. The maximum absolute atomic E-state index is 4.31. The van der Waals surface area contributed by atoms with Gasteiger partial charge in [-0.1, -0.05) is 6.92 Å². The van der Waals surface area contributed by atoms with E-state index < -0.39 is 0 Å². The molecule has 5 heteroatoms. The minimum atomic E-state index is 0.0856. The Morgan fingerprint density at radius 3 is 2.94 bits per heavy atom. The first-order chi connectivity index (χ1) is 7.86. The van der Waals surface area contributed by atoms with Crippen molar-refractivity contribution in [1.29, 1.82) is 0 Å². The maximum atomic E-state index is 4.31. The maximum Gasteiger partial charge on any atom is 0.129 e. The second-order valence-electron chi connectivity index (χ2n) is 3.54. The fourth-order valence-electron chi connectivity index (χ4n) is 1.83. The lowest BCUT2D eigenvalue weighted by molar-refractivity contribution is 0.528. The molecule has 0 amide bonds. The number of H-pyrrole nitrogens is 1. The predicted molar refractivity (Wildman–Crippen MR) is 62.0 cm³/mol. The molecule has 0 bridgehead atoms. The van der Waals surface area contributed by atoms with Gasteiger partial charge in [-0.05, 0) is 19.5 Å². The molecule has 2 heterocycles. The molecule has 2 aromatic heterocycles. The van der Waals surface area contributed by atoms with Gasteiger partial charge in [0.2, 0.25) is 0 Å². The molecule has 0 aromatic carbocycles. The molecule has 2 aromatic rings. The quantitative estimate of drug-likeness (QED) is 0.797. The number of nitrogens with one attached hydrogen (secondary N) is 2. The number of nitrogens with zero attached hydrogens (tertiary/aromatic N) is 3. The molecule has 0 fully saturated rings. The van der Waals surface area contributed by atoms with E-state index in [4.69, 9.17) is 0 Å². The van der Waals surface area contributed by atoms with Crippen molar-refractivity contribution >= 4 is 0 Å². The minimum Gasteiger partial charge on any atom is -0.347 e. The first-order valence-electron chi connectivity index (χ1n) is 5.61. The summed E-state index contributed by atoms with van der Waals surface area (Å²) in [5, 5.41) is 7.69. The van der Waals surface area contributed by atoms with Crippen LogP contribution in [0.2, 0.25) is 0 Å². The fraction of sp³-hybridized carbons (Fsp3) is 0.455. The highest BCUT2D eigenvalue weighted by Crippen LogP contribution is 2.18. The largest absolute Gasteiger partial charge is 0.347 e. The minimum absolute atomic E-state index is 0.0856. The summed E-state index contributed by atoms with van der Waals surface area (Å²) < 4.78 is 1.98. The zero-order valence-electron chi connectivity index (χ0n) is 9.64. The Bertz CT molecular complexity index is 417. The number of rotatable bonds is 5. The summed E-state index contributed by atoms with van der Waals surface area (Å²) in [6, 6.07) is 2.11. The van der Waals surface area contributed by atoms with Crippen molar-refractivity contribution < 1.29 is 0 Å². The molecular weight excluding hydrogens is 202 g/mol. The topological polar surface area (TPSA) is 58.5 Å². The number of hydrogen-bond donors (Lipinski definition) is 2. The van der Waals surface area contributed by atoms with Crippen LogP contribution in [0.1, 0.15) is 31.4 Å². The smallest absolute Gasteiger partial charge is 0.129 e. The van der Waals surface area contributed by atoms with Crippen molar-refractivity contribution in [3.63, 3.8) is 0 Å². The van der Waals surface area contributed by atoms with Crippen molar-refractivity contribution in [3.8, 4) is 0 Å². The Labute approximate surface area is 94.9 Å². The zero-order chi connectivity index (χ0) is 11.4. The van der Waals surface area contributed by atoms with Crippen molar-refractivity contribution in [3.05, 3.63) is 36.2 Å². The van der Waals surface area contributed by atoms with Gasteiger partial charge in [0.25, 0.3) is 0 Å². The van der Waals surface area contributed by atoms with E-state index >= 15 is 0 Å². The molecule has 0 spiro atoms. The third-order valence-electron chi connectivity index (χ3n) is 2.55. The molecule has 0 radical (unpaired) electrons. The second-order valence-corrected chi connectivity index (χ2v) is 3.54. The van der Waals surface area contributed by atoms with Gasteiger partial charge in [0.15, 0.2) is 0 Å². The molecular formula is C11H17N5. The Morgan fingerprint density at radius 2 is 2.31 bits per heavy atom. The molecule has 86 valence electrons. The van der Waals surface area contributed by atoms with E-state index in [1.165, 1.54) is 0 Å². The number of aromatic nitrogens is 4. The highest BCUT2D eigenvalue weighted by molar-refractivity contribution is 5.16. The highest BCUT2D eigenvalue weighted by Gasteiger charge is 2.18. The van der Waals surface area contributed by atoms with Crippen LogP contribution < -0.4 is 5.32 Å². The average Bonchev–Trinajstić information content (AvgIpc) is 2.96. The number of imidazole rings is 1. The SMILES string of the molecule is CCNC(c1ncc[nH]1)c1ccnn1CC. The van der Waals surface area contributed by atoms with E-state index in [2.05, 4.69) is 34.2 Å². The number of hydrogen-bond acceptors (Lipinski definition) is 3. The summed E-state index contributed by atoms with van der Waals surface area (Å²) in [5.74, 6) is 0.928. The standard InChI is InChI=1S/C11H17N5/c1-3-12-10(11-13-7-8-14-11)9-5-6-15-16(9)4-2/h5-8,10,12H,3-4H2,1-2H3,(H,13,14). The van der Waals surface area contributed by atoms with E-state index in [9.17, 15) is 0 Å². The summed E-state index contributed by atoms with van der Waals surface area (Å²) in [4.78, 5) is 7.45. The van der Waals surface area contributed by atoms with Gasteiger partial charge in [-0.2, -0.15) is 5.10 Å². The third kappa shape index (κ3) is 1.99. The Kier molecular flexibility index (Phi) is 3.36. The van der Waals surface area contributed by atoms with Crippen LogP contribution in [0, 0.1) is 0 Å². The Balaban J connectivity index is 2.33. The summed E-state index contributed by atoms with van der Waals surface area (Å²) in [6.07, 6.45) is 5.44. The van der Waals surface area contributed by atoms with Crippen molar-refractivity contribution in [1.82, 2.24) is 25.1 Å². The predicted octanol–water partition coefficient (Wildman–Crippen LogP) is 1.32. The Morgan fingerprint density at radius 1 is 1.44 bits per heavy atom. The lowest BCUT2D eigenvalue weighted by Crippen LogP contribution is -2.25. The summed E-state index contributed by atoms with van der Waals surface area (Å²) >= 11 is 0. The van der Waals surface area contributed by atoms with Crippen LogP contribution in [0.3, 0.4) is 0 Å².